The average Bonchev–Trinajstić information content (AvgIpc) is 3.02. The number of phenols is 1. The van der Waals surface area contributed by atoms with Crippen LogP contribution in [0.25, 0.3) is 0 Å². The van der Waals surface area contributed by atoms with Crippen LogP contribution in [0.4, 0.5) is 0 Å². The number of likely N-dealkylation sites (tertiary alicyclic amines) is 1. The van der Waals surface area contributed by atoms with Crippen molar-refractivity contribution in [2.45, 2.75) is 71.6 Å². The van der Waals surface area contributed by atoms with Gasteiger partial charge in [-0.25, -0.2) is 0 Å². The number of amidine groups is 1. The topological polar surface area (TPSA) is 64.4 Å². The molecule has 1 heterocycles. The van der Waals surface area contributed by atoms with Crippen molar-refractivity contribution in [3.8, 4) is 5.75 Å². The van der Waals surface area contributed by atoms with Crippen LogP contribution in [-0.4, -0.2) is 34.7 Å². The third-order valence-electron chi connectivity index (χ3n) is 6.63. The maximum absolute atomic E-state index is 13.4. The number of nitrogens with one attached hydrogen (secondary N) is 1. The first-order chi connectivity index (χ1) is 14.8. The molecule has 1 fully saturated rings. The number of carbonyl (C=O) groups excluding carboxylic acids is 1. The van der Waals surface area contributed by atoms with Gasteiger partial charge in [-0.2, -0.15) is 0 Å². The Kier molecular flexibility index (Phi) is 6.55. The maximum Gasteiger partial charge on any atom is 0.182 e. The first-order valence-electron chi connectivity index (χ1n) is 11.6. The fourth-order valence-electron chi connectivity index (χ4n) is 4.72. The quantitative estimate of drug-likeness (QED) is 0.545. The number of Topliss-reactive ketones (excluding diaryl/α,β-unsaturated/α-hetero) is 1. The molecule has 2 aromatic carbocycles. The highest BCUT2D eigenvalue weighted by Crippen LogP contribution is 2.40. The molecule has 3 rings (SSSR count). The summed E-state index contributed by atoms with van der Waals surface area (Å²) in [5.41, 5.74) is 2.77. The number of rotatable bonds is 5. The van der Waals surface area contributed by atoms with E-state index in [9.17, 15) is 9.90 Å². The van der Waals surface area contributed by atoms with Crippen molar-refractivity contribution < 1.29 is 9.90 Å². The Balaban J connectivity index is 1.93. The van der Waals surface area contributed by atoms with Crippen LogP contribution in [0.5, 0.6) is 5.75 Å². The Hall–Kier alpha value is -2.62. The van der Waals surface area contributed by atoms with E-state index in [-0.39, 0.29) is 34.8 Å². The minimum Gasteiger partial charge on any atom is -0.507 e. The third kappa shape index (κ3) is 4.74. The van der Waals surface area contributed by atoms with Crippen LogP contribution in [0.1, 0.15) is 87.9 Å². The van der Waals surface area contributed by atoms with Gasteiger partial charge in [0.15, 0.2) is 5.78 Å². The molecule has 32 heavy (non-hydrogen) atoms. The van der Waals surface area contributed by atoms with Gasteiger partial charge in [0.2, 0.25) is 0 Å². The van der Waals surface area contributed by atoms with Crippen LogP contribution in [0.2, 0.25) is 0 Å². The van der Waals surface area contributed by atoms with E-state index < -0.39 is 0 Å². The first kappa shape index (κ1) is 24.0. The Morgan fingerprint density at radius 2 is 1.56 bits per heavy atom. The molecular formula is C28H38N2O2. The Morgan fingerprint density at radius 1 is 1.03 bits per heavy atom. The minimum atomic E-state index is -0.285. The molecule has 4 nitrogen and oxygen atoms in total. The standard InChI is InChI=1S/C28H38N2O2/c1-8-18-16-30(26(29)24(18)19-12-10-9-11-13-19)17-23(31)20-14-21(27(2,3)4)25(32)22(15-20)28(5,6)7/h9-15,18,24,29,32H,8,16-17H2,1-7H3/t18-,24-/m0/s1. The summed E-state index contributed by atoms with van der Waals surface area (Å²) in [6.07, 6.45) is 0.966. The van der Waals surface area contributed by atoms with Gasteiger partial charge in [-0.1, -0.05) is 85.2 Å². The lowest BCUT2D eigenvalue weighted by Gasteiger charge is -2.28. The van der Waals surface area contributed by atoms with Gasteiger partial charge in [0.25, 0.3) is 0 Å². The highest BCUT2D eigenvalue weighted by Gasteiger charge is 2.38. The number of ketones is 1. The first-order valence-corrected chi connectivity index (χ1v) is 11.6. The van der Waals surface area contributed by atoms with E-state index in [4.69, 9.17) is 5.41 Å². The van der Waals surface area contributed by atoms with Crippen molar-refractivity contribution in [1.82, 2.24) is 4.90 Å². The summed E-state index contributed by atoms with van der Waals surface area (Å²) in [7, 11) is 0. The predicted octanol–water partition coefficient (Wildman–Crippen LogP) is 6.27. The second-order valence-corrected chi connectivity index (χ2v) is 11.2. The smallest absolute Gasteiger partial charge is 0.182 e. The van der Waals surface area contributed by atoms with Gasteiger partial charge in [0.05, 0.1) is 6.54 Å². The maximum atomic E-state index is 13.4. The molecule has 0 radical (unpaired) electrons. The zero-order valence-corrected chi connectivity index (χ0v) is 20.6. The fraction of sp³-hybridized carbons (Fsp3) is 0.500. The van der Waals surface area contributed by atoms with Crippen LogP contribution in [0.15, 0.2) is 42.5 Å². The third-order valence-corrected chi connectivity index (χ3v) is 6.63. The van der Waals surface area contributed by atoms with Gasteiger partial charge in [0.1, 0.15) is 11.6 Å². The molecule has 172 valence electrons. The van der Waals surface area contributed by atoms with Crippen molar-refractivity contribution >= 4 is 11.6 Å². The molecule has 0 saturated carbocycles. The second kappa shape index (κ2) is 8.73. The van der Waals surface area contributed by atoms with Crippen molar-refractivity contribution in [3.63, 3.8) is 0 Å². The molecule has 0 aliphatic carbocycles. The van der Waals surface area contributed by atoms with E-state index in [1.165, 1.54) is 0 Å². The molecule has 2 atom stereocenters. The molecule has 2 N–H and O–H groups in total. The van der Waals surface area contributed by atoms with Gasteiger partial charge in [-0.05, 0) is 34.4 Å². The lowest BCUT2D eigenvalue weighted by molar-refractivity contribution is 0.0963. The molecule has 0 aromatic heterocycles. The van der Waals surface area contributed by atoms with Crippen LogP contribution in [-0.2, 0) is 10.8 Å². The lowest BCUT2D eigenvalue weighted by Crippen LogP contribution is -2.32. The summed E-state index contributed by atoms with van der Waals surface area (Å²) in [5, 5.41) is 19.8. The second-order valence-electron chi connectivity index (χ2n) is 11.2. The molecule has 2 aromatic rings. The number of hydrogen-bond donors (Lipinski definition) is 2. The summed E-state index contributed by atoms with van der Waals surface area (Å²) in [6.45, 7) is 15.4. The lowest BCUT2D eigenvalue weighted by atomic mass is 9.78. The summed E-state index contributed by atoms with van der Waals surface area (Å²) in [5.74, 6) is 1.17. The van der Waals surface area contributed by atoms with Crippen molar-refractivity contribution in [2.75, 3.05) is 13.1 Å². The molecule has 0 spiro atoms. The van der Waals surface area contributed by atoms with E-state index in [1.54, 1.807) is 0 Å². The normalized spacial score (nSPS) is 19.5. The Morgan fingerprint density at radius 3 is 2.03 bits per heavy atom. The number of benzene rings is 2. The summed E-state index contributed by atoms with van der Waals surface area (Å²) in [6, 6.07) is 13.9. The highest BCUT2D eigenvalue weighted by molar-refractivity contribution is 6.01. The number of phenolic OH excluding ortho intramolecular Hbond substituents is 1. The molecule has 4 heteroatoms. The van der Waals surface area contributed by atoms with E-state index in [1.807, 2.05) is 35.2 Å². The predicted molar refractivity (Wildman–Crippen MR) is 132 cm³/mol. The zero-order chi connectivity index (χ0) is 23.8. The average molecular weight is 435 g/mol. The number of nitrogens with zero attached hydrogens (tertiary/aromatic N) is 1. The monoisotopic (exact) mass is 434 g/mol. The van der Waals surface area contributed by atoms with Crippen LogP contribution < -0.4 is 0 Å². The molecule has 0 amide bonds. The van der Waals surface area contributed by atoms with Gasteiger partial charge in [-0.15, -0.1) is 0 Å². The van der Waals surface area contributed by atoms with Gasteiger partial charge in [-0.3, -0.25) is 10.2 Å². The Labute approximate surface area is 193 Å². The largest absolute Gasteiger partial charge is 0.507 e. The van der Waals surface area contributed by atoms with Crippen LogP contribution in [0.3, 0.4) is 0 Å². The van der Waals surface area contributed by atoms with Crippen molar-refractivity contribution in [1.29, 1.82) is 5.41 Å². The van der Waals surface area contributed by atoms with E-state index >= 15 is 0 Å². The van der Waals surface area contributed by atoms with Gasteiger partial charge < -0.3 is 10.0 Å². The number of carbonyl (C=O) groups is 1. The fourth-order valence-corrected chi connectivity index (χ4v) is 4.72. The van der Waals surface area contributed by atoms with Gasteiger partial charge in [0, 0.05) is 29.2 Å². The molecule has 1 saturated heterocycles. The zero-order valence-electron chi connectivity index (χ0n) is 20.6. The summed E-state index contributed by atoms with van der Waals surface area (Å²) >= 11 is 0. The molecule has 0 unspecified atom stereocenters. The molecule has 0 bridgehead atoms. The van der Waals surface area contributed by atoms with Crippen LogP contribution >= 0.6 is 0 Å². The highest BCUT2D eigenvalue weighted by atomic mass is 16.3. The van der Waals surface area contributed by atoms with E-state index in [2.05, 4.69) is 60.6 Å². The minimum absolute atomic E-state index is 0.00526. The van der Waals surface area contributed by atoms with E-state index in [0.717, 1.165) is 29.7 Å². The molecule has 1 aliphatic heterocycles. The van der Waals surface area contributed by atoms with E-state index in [0.29, 0.717) is 17.3 Å². The van der Waals surface area contributed by atoms with Crippen molar-refractivity contribution in [3.05, 3.63) is 64.7 Å². The SMILES string of the molecule is CC[C@H]1CN(CC(=O)c2cc(C(C)(C)C)c(O)c(C(C)(C)C)c2)C(=N)[C@@H]1c1ccccc1. The van der Waals surface area contributed by atoms with Gasteiger partial charge >= 0.3 is 0 Å². The molecule has 1 aliphatic rings. The molecular weight excluding hydrogens is 396 g/mol. The summed E-state index contributed by atoms with van der Waals surface area (Å²) in [4.78, 5) is 15.4. The van der Waals surface area contributed by atoms with Crippen molar-refractivity contribution in [2.24, 2.45) is 5.92 Å². The summed E-state index contributed by atoms with van der Waals surface area (Å²) < 4.78 is 0. The Bertz CT molecular complexity index is 961. The number of aromatic hydroxyl groups is 1. The van der Waals surface area contributed by atoms with Crippen LogP contribution in [0, 0.1) is 11.3 Å². The number of hydrogen-bond acceptors (Lipinski definition) is 3.